The van der Waals surface area contributed by atoms with Crippen LogP contribution in [-0.4, -0.2) is 29.3 Å². The van der Waals surface area contributed by atoms with E-state index in [1.807, 2.05) is 13.0 Å². The van der Waals surface area contributed by atoms with Crippen LogP contribution in [0.25, 0.3) is 10.9 Å². The summed E-state index contributed by atoms with van der Waals surface area (Å²) in [6.07, 6.45) is 0. The molecule has 0 spiro atoms. The third-order valence-corrected chi connectivity index (χ3v) is 4.30. The van der Waals surface area contributed by atoms with Crippen LogP contribution in [0.2, 0.25) is 0 Å². The number of rotatable bonds is 1. The summed E-state index contributed by atoms with van der Waals surface area (Å²) >= 11 is 1.19. The first kappa shape index (κ1) is 12.9. The lowest BCUT2D eigenvalue weighted by molar-refractivity contribution is 0.0594. The molecule has 1 aromatic heterocycles. The highest BCUT2D eigenvalue weighted by Crippen LogP contribution is 2.31. The predicted octanol–water partition coefficient (Wildman–Crippen LogP) is 1.84. The van der Waals surface area contributed by atoms with Gasteiger partial charge >= 0.3 is 5.97 Å². The number of thioether (sulfide) groups is 1. The minimum Gasteiger partial charge on any atom is -0.465 e. The van der Waals surface area contributed by atoms with Crippen molar-refractivity contribution in [1.29, 1.82) is 0 Å². The van der Waals surface area contributed by atoms with E-state index in [1.165, 1.54) is 23.4 Å². The van der Waals surface area contributed by atoms with Crippen LogP contribution in [0.4, 0.5) is 0 Å². The van der Waals surface area contributed by atoms with Crippen LogP contribution in [0.3, 0.4) is 0 Å². The zero-order chi connectivity index (χ0) is 14.4. The number of hydrogen-bond acceptors (Lipinski definition) is 5. The van der Waals surface area contributed by atoms with E-state index in [0.717, 1.165) is 5.56 Å². The molecule has 0 saturated carbocycles. The van der Waals surface area contributed by atoms with E-state index in [9.17, 15) is 14.4 Å². The normalized spacial score (nSPS) is 13.6. The van der Waals surface area contributed by atoms with Crippen molar-refractivity contribution >= 4 is 34.5 Å². The molecule has 0 bridgehead atoms. The first-order valence-electron chi connectivity index (χ1n) is 5.98. The summed E-state index contributed by atoms with van der Waals surface area (Å²) in [5.74, 6) is -0.621. The number of fused-ring (bicyclic) bond motifs is 3. The molecule has 1 aliphatic rings. The number of ether oxygens (including phenoxy) is 1. The van der Waals surface area contributed by atoms with E-state index in [2.05, 4.69) is 4.74 Å². The van der Waals surface area contributed by atoms with E-state index in [1.54, 1.807) is 12.1 Å². The number of carbonyl (C=O) groups is 2. The Balaban J connectivity index is 2.53. The summed E-state index contributed by atoms with van der Waals surface area (Å²) in [6, 6.07) is 5.26. The van der Waals surface area contributed by atoms with E-state index in [-0.39, 0.29) is 22.7 Å². The molecular weight excluding hydrogens is 278 g/mol. The summed E-state index contributed by atoms with van der Waals surface area (Å²) in [5.41, 5.74) is 0.993. The Morgan fingerprint density at radius 2 is 2.10 bits per heavy atom. The summed E-state index contributed by atoms with van der Waals surface area (Å²) in [4.78, 5) is 36.4. The Labute approximate surface area is 118 Å². The Morgan fingerprint density at radius 1 is 1.35 bits per heavy atom. The van der Waals surface area contributed by atoms with Gasteiger partial charge in [0.05, 0.1) is 18.4 Å². The number of aryl methyl sites for hydroxylation is 1. The van der Waals surface area contributed by atoms with Crippen LogP contribution in [-0.2, 0) is 4.74 Å². The SMILES string of the molecule is COC(=O)c1c2n(c3ccc(C)cc3c1=O)C(=O)CS2. The summed E-state index contributed by atoms with van der Waals surface area (Å²) < 4.78 is 6.12. The maximum atomic E-state index is 12.5. The number of carbonyl (C=O) groups excluding carboxylic acids is 2. The second kappa shape index (κ2) is 4.49. The number of methoxy groups -OCH3 is 1. The van der Waals surface area contributed by atoms with Gasteiger partial charge in [-0.2, -0.15) is 0 Å². The zero-order valence-electron chi connectivity index (χ0n) is 10.9. The van der Waals surface area contributed by atoms with Gasteiger partial charge in [-0.1, -0.05) is 23.4 Å². The molecule has 0 amide bonds. The minimum absolute atomic E-state index is 0.0542. The van der Waals surface area contributed by atoms with Gasteiger partial charge in [-0.3, -0.25) is 14.2 Å². The summed E-state index contributed by atoms with van der Waals surface area (Å²) in [6.45, 7) is 1.85. The van der Waals surface area contributed by atoms with Crippen molar-refractivity contribution < 1.29 is 14.3 Å². The molecule has 20 heavy (non-hydrogen) atoms. The van der Waals surface area contributed by atoms with Crippen molar-refractivity contribution in [3.05, 3.63) is 39.5 Å². The summed E-state index contributed by atoms with van der Waals surface area (Å²) in [7, 11) is 1.22. The van der Waals surface area contributed by atoms with Gasteiger partial charge in [-0.25, -0.2) is 4.79 Å². The second-order valence-electron chi connectivity index (χ2n) is 4.54. The molecular formula is C14H11NO4S. The largest absolute Gasteiger partial charge is 0.465 e. The van der Waals surface area contributed by atoms with Crippen molar-refractivity contribution in [2.45, 2.75) is 11.9 Å². The van der Waals surface area contributed by atoms with Crippen LogP contribution in [0.5, 0.6) is 0 Å². The third kappa shape index (κ3) is 1.68. The van der Waals surface area contributed by atoms with Crippen molar-refractivity contribution in [3.8, 4) is 0 Å². The molecule has 1 aromatic carbocycles. The third-order valence-electron chi connectivity index (χ3n) is 3.25. The number of benzene rings is 1. The lowest BCUT2D eigenvalue weighted by atomic mass is 10.1. The maximum Gasteiger partial charge on any atom is 0.344 e. The molecule has 1 aliphatic heterocycles. The molecule has 0 radical (unpaired) electrons. The van der Waals surface area contributed by atoms with Gasteiger partial charge in [-0.05, 0) is 19.1 Å². The number of aromatic nitrogens is 1. The highest BCUT2D eigenvalue weighted by atomic mass is 32.2. The Hall–Kier alpha value is -2.08. The van der Waals surface area contributed by atoms with Gasteiger partial charge in [0.1, 0.15) is 10.6 Å². The van der Waals surface area contributed by atoms with E-state index < -0.39 is 5.97 Å². The van der Waals surface area contributed by atoms with Crippen LogP contribution >= 0.6 is 11.8 Å². The van der Waals surface area contributed by atoms with Gasteiger partial charge in [0.25, 0.3) is 0 Å². The fourth-order valence-corrected chi connectivity index (χ4v) is 3.38. The average molecular weight is 289 g/mol. The molecule has 0 unspecified atom stereocenters. The first-order chi connectivity index (χ1) is 9.54. The van der Waals surface area contributed by atoms with Crippen molar-refractivity contribution in [2.75, 3.05) is 12.9 Å². The monoisotopic (exact) mass is 289 g/mol. The maximum absolute atomic E-state index is 12.5. The van der Waals surface area contributed by atoms with Gasteiger partial charge in [0, 0.05) is 5.39 Å². The lowest BCUT2D eigenvalue weighted by Crippen LogP contribution is -2.23. The molecule has 102 valence electrons. The van der Waals surface area contributed by atoms with Gasteiger partial charge in [0.15, 0.2) is 0 Å². The lowest BCUT2D eigenvalue weighted by Gasteiger charge is -2.11. The Morgan fingerprint density at radius 3 is 2.80 bits per heavy atom. The molecule has 6 heteroatoms. The Bertz CT molecular complexity index is 822. The first-order valence-corrected chi connectivity index (χ1v) is 6.97. The number of hydrogen-bond donors (Lipinski definition) is 0. The smallest absolute Gasteiger partial charge is 0.344 e. The van der Waals surface area contributed by atoms with Crippen LogP contribution in [0.15, 0.2) is 28.0 Å². The van der Waals surface area contributed by atoms with E-state index in [0.29, 0.717) is 15.9 Å². The summed E-state index contributed by atoms with van der Waals surface area (Å²) in [5, 5.41) is 0.744. The van der Waals surface area contributed by atoms with E-state index in [4.69, 9.17) is 0 Å². The fraction of sp³-hybridized carbons (Fsp3) is 0.214. The average Bonchev–Trinajstić information content (AvgIpc) is 2.81. The molecule has 0 aliphatic carbocycles. The quantitative estimate of drug-likeness (QED) is 0.749. The molecule has 3 rings (SSSR count). The molecule has 2 aromatic rings. The molecule has 2 heterocycles. The van der Waals surface area contributed by atoms with Crippen LogP contribution in [0, 0.1) is 6.92 Å². The minimum atomic E-state index is -0.704. The number of pyridine rings is 1. The molecule has 0 atom stereocenters. The number of nitrogens with zero attached hydrogens (tertiary/aromatic N) is 1. The highest BCUT2D eigenvalue weighted by Gasteiger charge is 2.30. The van der Waals surface area contributed by atoms with Gasteiger partial charge in [0.2, 0.25) is 11.3 Å². The van der Waals surface area contributed by atoms with Crippen LogP contribution in [0.1, 0.15) is 20.7 Å². The van der Waals surface area contributed by atoms with Crippen molar-refractivity contribution in [2.24, 2.45) is 0 Å². The molecule has 0 N–H and O–H groups in total. The Kier molecular flexibility index (Phi) is 2.90. The van der Waals surface area contributed by atoms with Gasteiger partial charge in [-0.15, -0.1) is 0 Å². The van der Waals surface area contributed by atoms with Crippen molar-refractivity contribution in [1.82, 2.24) is 4.57 Å². The standard InChI is InChI=1S/C14H11NO4S/c1-7-3-4-9-8(5-7)12(17)11(14(18)19-2)13-15(9)10(16)6-20-13/h3-5H,6H2,1-2H3. The number of esters is 1. The van der Waals surface area contributed by atoms with E-state index >= 15 is 0 Å². The second-order valence-corrected chi connectivity index (χ2v) is 5.50. The van der Waals surface area contributed by atoms with Crippen molar-refractivity contribution in [3.63, 3.8) is 0 Å². The molecule has 0 saturated heterocycles. The zero-order valence-corrected chi connectivity index (χ0v) is 11.7. The molecule has 0 fully saturated rings. The topological polar surface area (TPSA) is 65.4 Å². The predicted molar refractivity (Wildman–Crippen MR) is 75.6 cm³/mol. The fourth-order valence-electron chi connectivity index (χ4n) is 2.34. The van der Waals surface area contributed by atoms with Crippen LogP contribution < -0.4 is 5.43 Å². The molecule has 5 nitrogen and oxygen atoms in total. The highest BCUT2D eigenvalue weighted by molar-refractivity contribution is 8.00. The van der Waals surface area contributed by atoms with Gasteiger partial charge < -0.3 is 4.74 Å².